The summed E-state index contributed by atoms with van der Waals surface area (Å²) in [5.74, 6) is -4.76. The number of hydrogen-bond acceptors (Lipinski definition) is 9. The van der Waals surface area contributed by atoms with Gasteiger partial charge in [-0.3, -0.25) is 28.9 Å². The summed E-state index contributed by atoms with van der Waals surface area (Å²) < 4.78 is 0. The molecule has 3 unspecified atom stereocenters. The van der Waals surface area contributed by atoms with E-state index < -0.39 is 71.3 Å². The van der Waals surface area contributed by atoms with Crippen LogP contribution in [0.15, 0.2) is 0 Å². The van der Waals surface area contributed by atoms with E-state index in [0.29, 0.717) is 5.25 Å². The number of urea groups is 1. The monoisotopic (exact) mass is 783 g/mol. The zero-order chi connectivity index (χ0) is 41.0. The van der Waals surface area contributed by atoms with Crippen LogP contribution in [-0.2, 0) is 33.6 Å². The molecule has 16 nitrogen and oxygen atoms in total. The third-order valence-corrected chi connectivity index (χ3v) is 12.3. The Morgan fingerprint density at radius 1 is 0.815 bits per heavy atom. The summed E-state index contributed by atoms with van der Waals surface area (Å²) in [4.78, 5) is 99.2. The summed E-state index contributed by atoms with van der Waals surface area (Å²) >= 11 is 1.62. The van der Waals surface area contributed by atoms with Gasteiger partial charge in [0.25, 0.3) is 0 Å². The van der Waals surface area contributed by atoms with E-state index in [-0.39, 0.29) is 54.6 Å². The maximum Gasteiger partial charge on any atom is 0.326 e. The number of hydrogen-bond donors (Lipinski definition) is 7. The van der Waals surface area contributed by atoms with E-state index in [1.165, 1.54) is 11.9 Å². The SMILES string of the molecule is CCC(CC)(NC(=O)CCC(=O)NC(C)(C)CC(C)(C)C(NC(=O)NC(CCC(=O)O)C(=O)O)C(=O)O)[C@H]1CCC[C@@H](SC2CC(=O)N(C)C2=O)CCC1. The van der Waals surface area contributed by atoms with Crippen molar-refractivity contribution < 1.29 is 53.7 Å². The van der Waals surface area contributed by atoms with Crippen molar-refractivity contribution in [1.82, 2.24) is 26.2 Å². The van der Waals surface area contributed by atoms with Crippen molar-refractivity contribution in [1.29, 1.82) is 0 Å². The fourth-order valence-electron chi connectivity index (χ4n) is 8.07. The number of likely N-dealkylation sites (tertiary alicyclic amines) is 1. The first-order chi connectivity index (χ1) is 25.1. The first-order valence-electron chi connectivity index (χ1n) is 18.9. The van der Waals surface area contributed by atoms with Crippen molar-refractivity contribution in [3.8, 4) is 0 Å². The third-order valence-electron chi connectivity index (χ3n) is 10.8. The zero-order valence-corrected chi connectivity index (χ0v) is 33.6. The summed E-state index contributed by atoms with van der Waals surface area (Å²) in [5, 5.41) is 38.7. The molecule has 1 heterocycles. The van der Waals surface area contributed by atoms with Crippen LogP contribution in [0.5, 0.6) is 0 Å². The van der Waals surface area contributed by atoms with Gasteiger partial charge in [-0.1, -0.05) is 40.5 Å². The normalized spacial score (nSPS) is 20.9. The molecule has 0 aromatic heterocycles. The molecule has 0 aromatic carbocycles. The minimum Gasteiger partial charge on any atom is -0.481 e. The maximum absolute atomic E-state index is 13.3. The lowest BCUT2D eigenvalue weighted by atomic mass is 9.73. The van der Waals surface area contributed by atoms with E-state index in [1.54, 1.807) is 39.5 Å². The second kappa shape index (κ2) is 20.1. The summed E-state index contributed by atoms with van der Waals surface area (Å²) in [6.45, 7) is 10.7. The lowest BCUT2D eigenvalue weighted by Crippen LogP contribution is -2.58. The molecule has 6 amide bonds. The summed E-state index contributed by atoms with van der Waals surface area (Å²) in [7, 11) is 1.54. The fourth-order valence-corrected chi connectivity index (χ4v) is 9.65. The quantitative estimate of drug-likeness (QED) is 0.0875. The number of aliphatic carboxylic acids is 3. The number of carbonyl (C=O) groups is 8. The third kappa shape index (κ3) is 13.8. The molecule has 1 aliphatic heterocycles. The average Bonchev–Trinajstić information content (AvgIpc) is 3.29. The molecule has 0 radical (unpaired) electrons. The first-order valence-corrected chi connectivity index (χ1v) is 19.8. The van der Waals surface area contributed by atoms with Crippen LogP contribution in [0, 0.1) is 11.3 Å². The Morgan fingerprint density at radius 3 is 1.83 bits per heavy atom. The Hall–Kier alpha value is -3.89. The molecule has 2 fully saturated rings. The molecule has 7 N–H and O–H groups in total. The molecule has 0 bridgehead atoms. The Balaban J connectivity index is 1.94. The second-order valence-electron chi connectivity index (χ2n) is 16.0. The molecule has 2 aliphatic rings. The number of amides is 6. The lowest BCUT2D eigenvalue weighted by Gasteiger charge is -2.42. The highest BCUT2D eigenvalue weighted by Crippen LogP contribution is 2.40. The summed E-state index contributed by atoms with van der Waals surface area (Å²) in [5.41, 5.74) is -2.58. The van der Waals surface area contributed by atoms with Crippen LogP contribution in [-0.4, -0.2) is 108 Å². The van der Waals surface area contributed by atoms with Crippen LogP contribution < -0.4 is 21.3 Å². The van der Waals surface area contributed by atoms with Crippen LogP contribution >= 0.6 is 11.8 Å². The van der Waals surface area contributed by atoms with Gasteiger partial charge in [-0.05, 0) is 76.5 Å². The smallest absolute Gasteiger partial charge is 0.326 e. The Kier molecular flexibility index (Phi) is 17.3. The van der Waals surface area contributed by atoms with E-state index in [2.05, 4.69) is 35.1 Å². The topological polar surface area (TPSA) is 249 Å². The molecule has 54 heavy (non-hydrogen) atoms. The van der Waals surface area contributed by atoms with Crippen LogP contribution in [0.25, 0.3) is 0 Å². The average molecular weight is 784 g/mol. The van der Waals surface area contributed by atoms with Crippen molar-refractivity contribution in [2.75, 3.05) is 7.05 Å². The minimum atomic E-state index is -1.55. The van der Waals surface area contributed by atoms with Gasteiger partial charge in [0.05, 0.1) is 5.25 Å². The molecule has 3 atom stereocenters. The van der Waals surface area contributed by atoms with Gasteiger partial charge in [-0.25, -0.2) is 14.4 Å². The number of imide groups is 1. The highest BCUT2D eigenvalue weighted by atomic mass is 32.2. The Bertz CT molecular complexity index is 1390. The molecule has 1 saturated carbocycles. The summed E-state index contributed by atoms with van der Waals surface area (Å²) in [6.07, 6.45) is 6.30. The maximum atomic E-state index is 13.3. The number of carboxylic acid groups (broad SMARTS) is 3. The van der Waals surface area contributed by atoms with E-state index in [0.717, 1.165) is 51.4 Å². The van der Waals surface area contributed by atoms with Gasteiger partial charge in [-0.15, -0.1) is 11.8 Å². The molecule has 17 heteroatoms. The second-order valence-corrected chi connectivity index (χ2v) is 17.5. The van der Waals surface area contributed by atoms with Crippen molar-refractivity contribution >= 4 is 59.3 Å². The zero-order valence-electron chi connectivity index (χ0n) is 32.7. The van der Waals surface area contributed by atoms with Gasteiger partial charge in [0.2, 0.25) is 23.6 Å². The predicted octanol–water partition coefficient (Wildman–Crippen LogP) is 3.65. The van der Waals surface area contributed by atoms with Gasteiger partial charge in [0.15, 0.2) is 0 Å². The van der Waals surface area contributed by atoms with Crippen LogP contribution in [0.1, 0.15) is 131 Å². The molecule has 0 spiro atoms. The van der Waals surface area contributed by atoms with E-state index >= 15 is 0 Å². The van der Waals surface area contributed by atoms with Gasteiger partial charge in [0.1, 0.15) is 12.1 Å². The summed E-state index contributed by atoms with van der Waals surface area (Å²) in [6, 6.07) is -4.15. The highest BCUT2D eigenvalue weighted by molar-refractivity contribution is 8.01. The molecule has 306 valence electrons. The van der Waals surface area contributed by atoms with Crippen molar-refractivity contribution in [2.24, 2.45) is 11.3 Å². The van der Waals surface area contributed by atoms with Crippen LogP contribution in [0.2, 0.25) is 0 Å². The minimum absolute atomic E-state index is 0.0484. The van der Waals surface area contributed by atoms with Crippen LogP contribution in [0.4, 0.5) is 4.79 Å². The van der Waals surface area contributed by atoms with Gasteiger partial charge in [0, 0.05) is 49.1 Å². The fraction of sp³-hybridized carbons (Fsp3) is 0.784. The Labute approximate surface area is 322 Å². The number of carboxylic acids is 3. The van der Waals surface area contributed by atoms with Crippen molar-refractivity contribution in [3.63, 3.8) is 0 Å². The van der Waals surface area contributed by atoms with Gasteiger partial charge >= 0.3 is 23.9 Å². The molecular formula is C37H61N5O11S. The van der Waals surface area contributed by atoms with Gasteiger partial charge < -0.3 is 36.6 Å². The molecular weight excluding hydrogens is 722 g/mol. The number of nitrogens with one attached hydrogen (secondary N) is 4. The predicted molar refractivity (Wildman–Crippen MR) is 201 cm³/mol. The molecule has 0 aromatic rings. The number of thioether (sulfide) groups is 1. The number of carbonyl (C=O) groups excluding carboxylic acids is 5. The van der Waals surface area contributed by atoms with E-state index in [1.807, 2.05) is 0 Å². The van der Waals surface area contributed by atoms with E-state index in [9.17, 15) is 48.6 Å². The first kappa shape index (κ1) is 46.3. The van der Waals surface area contributed by atoms with Crippen molar-refractivity contribution in [2.45, 2.75) is 165 Å². The van der Waals surface area contributed by atoms with Gasteiger partial charge in [-0.2, -0.15) is 0 Å². The number of nitrogens with zero attached hydrogens (tertiary/aromatic N) is 1. The highest BCUT2D eigenvalue weighted by Gasteiger charge is 2.43. The van der Waals surface area contributed by atoms with Crippen molar-refractivity contribution in [3.05, 3.63) is 0 Å². The standard InChI is InChI=1S/C37H61N5O11S/c1-8-37(9-2,22-12-10-14-23(15-11-13-22)54-25-20-28(45)42(7)31(25)48)41-27(44)18-17-26(43)40-36(5,6)21-35(3,4)30(33(51)52)39-34(53)38-24(32(49)50)16-19-29(46)47/h22-25,30H,8-21H2,1-7H3,(H,40,43)(H,41,44)(H,46,47)(H,49,50)(H,51,52)(H2,38,39,53)/t22-,23+,24?,25?,30?. The Morgan fingerprint density at radius 2 is 1.37 bits per heavy atom. The van der Waals surface area contributed by atoms with Crippen LogP contribution in [0.3, 0.4) is 0 Å². The largest absolute Gasteiger partial charge is 0.481 e. The molecule has 1 aliphatic carbocycles. The molecule has 2 rings (SSSR count). The number of rotatable bonds is 20. The molecule has 1 saturated heterocycles. The van der Waals surface area contributed by atoms with E-state index in [4.69, 9.17) is 5.11 Å². The lowest BCUT2D eigenvalue weighted by molar-refractivity contribution is -0.143.